The second-order valence-electron chi connectivity index (χ2n) is 4.89. The quantitative estimate of drug-likeness (QED) is 0.897. The molecular formula is C15H22BrNO2. The van der Waals surface area contributed by atoms with Gasteiger partial charge in [0.05, 0.1) is 18.2 Å². The van der Waals surface area contributed by atoms with Crippen LogP contribution in [0.15, 0.2) is 16.6 Å². The fraction of sp³-hybridized carbons (Fsp3) is 0.600. The van der Waals surface area contributed by atoms with Crippen molar-refractivity contribution in [3.05, 3.63) is 22.2 Å². The lowest BCUT2D eigenvalue weighted by molar-refractivity contribution is 0.309. The molecule has 4 heteroatoms. The van der Waals surface area contributed by atoms with E-state index in [0.29, 0.717) is 12.6 Å². The summed E-state index contributed by atoms with van der Waals surface area (Å²) in [6.45, 7) is 3.77. The Morgan fingerprint density at radius 2 is 2.21 bits per heavy atom. The Labute approximate surface area is 123 Å². The van der Waals surface area contributed by atoms with Crippen LogP contribution in [0.5, 0.6) is 11.5 Å². The lowest BCUT2D eigenvalue weighted by atomic mass is 9.97. The average molecular weight is 328 g/mol. The maximum atomic E-state index is 5.66. The van der Waals surface area contributed by atoms with Gasteiger partial charge in [-0.25, -0.2) is 0 Å². The van der Waals surface area contributed by atoms with E-state index in [2.05, 4.69) is 33.4 Å². The first-order valence-corrected chi connectivity index (χ1v) is 7.76. The smallest absolute Gasteiger partial charge is 0.174 e. The Morgan fingerprint density at radius 3 is 2.84 bits per heavy atom. The number of benzene rings is 1. The third-order valence-corrected chi connectivity index (χ3v) is 4.06. The fourth-order valence-corrected chi connectivity index (χ4v) is 3.23. The van der Waals surface area contributed by atoms with Crippen LogP contribution >= 0.6 is 15.9 Å². The molecule has 1 fully saturated rings. The number of methoxy groups -OCH3 is 1. The van der Waals surface area contributed by atoms with Crippen molar-refractivity contribution in [1.82, 2.24) is 5.32 Å². The summed E-state index contributed by atoms with van der Waals surface area (Å²) in [6.07, 6.45) is 4.93. The molecule has 1 aliphatic rings. The molecule has 1 N–H and O–H groups in total. The molecule has 0 aliphatic carbocycles. The van der Waals surface area contributed by atoms with Crippen LogP contribution in [0.4, 0.5) is 0 Å². The second-order valence-corrected chi connectivity index (χ2v) is 5.75. The van der Waals surface area contributed by atoms with Crippen LogP contribution in [0.25, 0.3) is 0 Å². The summed E-state index contributed by atoms with van der Waals surface area (Å²) in [5.41, 5.74) is 1.29. The summed E-state index contributed by atoms with van der Waals surface area (Å²) in [5.74, 6) is 1.60. The van der Waals surface area contributed by atoms with E-state index in [1.807, 2.05) is 6.92 Å². The lowest BCUT2D eigenvalue weighted by Crippen LogP contribution is -2.35. The first-order chi connectivity index (χ1) is 9.24. The Morgan fingerprint density at radius 1 is 1.37 bits per heavy atom. The lowest BCUT2D eigenvalue weighted by Gasteiger charge is -2.24. The molecule has 1 atom stereocenters. The minimum Gasteiger partial charge on any atom is -0.492 e. The minimum atomic E-state index is 0.587. The summed E-state index contributed by atoms with van der Waals surface area (Å²) in [6, 6.07) is 4.82. The Hall–Kier alpha value is -0.740. The summed E-state index contributed by atoms with van der Waals surface area (Å²) in [5, 5.41) is 3.58. The molecule has 0 saturated carbocycles. The summed E-state index contributed by atoms with van der Waals surface area (Å²) < 4.78 is 12.0. The molecule has 106 valence electrons. The zero-order valence-electron chi connectivity index (χ0n) is 11.7. The van der Waals surface area contributed by atoms with Gasteiger partial charge in [0, 0.05) is 6.04 Å². The predicted octanol–water partition coefficient (Wildman–Crippen LogP) is 3.54. The predicted molar refractivity (Wildman–Crippen MR) is 81.2 cm³/mol. The van der Waals surface area contributed by atoms with Crippen LogP contribution < -0.4 is 14.8 Å². The number of hydrogen-bond acceptors (Lipinski definition) is 3. The van der Waals surface area contributed by atoms with Gasteiger partial charge in [0.15, 0.2) is 11.5 Å². The van der Waals surface area contributed by atoms with Crippen molar-refractivity contribution in [2.45, 2.75) is 38.6 Å². The molecule has 1 aromatic rings. The normalized spacial score (nSPS) is 19.2. The highest BCUT2D eigenvalue weighted by Crippen LogP contribution is 2.37. The van der Waals surface area contributed by atoms with E-state index in [9.17, 15) is 0 Å². The minimum absolute atomic E-state index is 0.587. The summed E-state index contributed by atoms with van der Waals surface area (Å²) >= 11 is 3.57. The maximum absolute atomic E-state index is 5.66. The fourth-order valence-electron chi connectivity index (χ4n) is 2.58. The third kappa shape index (κ3) is 3.86. The zero-order valence-corrected chi connectivity index (χ0v) is 13.3. The van der Waals surface area contributed by atoms with Crippen LogP contribution in [-0.2, 0) is 6.42 Å². The summed E-state index contributed by atoms with van der Waals surface area (Å²) in [7, 11) is 1.67. The van der Waals surface area contributed by atoms with Crippen molar-refractivity contribution in [2.75, 3.05) is 20.3 Å². The van der Waals surface area contributed by atoms with Crippen LogP contribution in [0, 0.1) is 0 Å². The number of ether oxygens (including phenoxy) is 2. The van der Waals surface area contributed by atoms with Gasteiger partial charge in [-0.1, -0.05) is 6.42 Å². The van der Waals surface area contributed by atoms with Gasteiger partial charge in [0.1, 0.15) is 0 Å². The van der Waals surface area contributed by atoms with Crippen molar-refractivity contribution in [3.63, 3.8) is 0 Å². The zero-order chi connectivity index (χ0) is 13.7. The first-order valence-electron chi connectivity index (χ1n) is 6.97. The third-order valence-electron chi connectivity index (χ3n) is 3.47. The molecule has 1 aromatic carbocycles. The average Bonchev–Trinajstić information content (AvgIpc) is 2.40. The van der Waals surface area contributed by atoms with Crippen molar-refractivity contribution in [2.24, 2.45) is 0 Å². The number of piperidine rings is 1. The van der Waals surface area contributed by atoms with Crippen LogP contribution in [0.1, 0.15) is 31.7 Å². The van der Waals surface area contributed by atoms with Crippen molar-refractivity contribution in [3.8, 4) is 11.5 Å². The van der Waals surface area contributed by atoms with Gasteiger partial charge < -0.3 is 14.8 Å². The highest BCUT2D eigenvalue weighted by molar-refractivity contribution is 9.10. The molecule has 1 heterocycles. The van der Waals surface area contributed by atoms with Gasteiger partial charge in [0.2, 0.25) is 0 Å². The molecule has 19 heavy (non-hydrogen) atoms. The van der Waals surface area contributed by atoms with E-state index in [1.165, 1.54) is 24.8 Å². The van der Waals surface area contributed by atoms with Crippen molar-refractivity contribution in [1.29, 1.82) is 0 Å². The topological polar surface area (TPSA) is 30.5 Å². The van der Waals surface area contributed by atoms with E-state index in [-0.39, 0.29) is 0 Å². The number of nitrogens with one attached hydrogen (secondary N) is 1. The highest BCUT2D eigenvalue weighted by Gasteiger charge is 2.16. The molecule has 0 radical (unpaired) electrons. The molecular weight excluding hydrogens is 306 g/mol. The van der Waals surface area contributed by atoms with Gasteiger partial charge in [-0.2, -0.15) is 0 Å². The van der Waals surface area contributed by atoms with Gasteiger partial charge in [-0.15, -0.1) is 0 Å². The number of hydrogen-bond donors (Lipinski definition) is 1. The van der Waals surface area contributed by atoms with E-state index in [4.69, 9.17) is 9.47 Å². The van der Waals surface area contributed by atoms with Gasteiger partial charge in [-0.05, 0) is 66.4 Å². The first kappa shape index (κ1) is 14.7. The molecule has 1 unspecified atom stereocenters. The van der Waals surface area contributed by atoms with E-state index in [1.54, 1.807) is 7.11 Å². The van der Waals surface area contributed by atoms with Crippen molar-refractivity contribution < 1.29 is 9.47 Å². The van der Waals surface area contributed by atoms with E-state index >= 15 is 0 Å². The molecule has 1 aliphatic heterocycles. The van der Waals surface area contributed by atoms with Gasteiger partial charge in [0.25, 0.3) is 0 Å². The molecule has 1 saturated heterocycles. The SMILES string of the molecule is CCOc1cc(CC2CCCCN2)cc(Br)c1OC. The molecule has 0 bridgehead atoms. The Bertz CT molecular complexity index is 417. The Balaban J connectivity index is 2.15. The molecule has 0 spiro atoms. The van der Waals surface area contributed by atoms with Crippen LogP contribution in [0.2, 0.25) is 0 Å². The number of halogens is 1. The second kappa shape index (κ2) is 7.15. The van der Waals surface area contributed by atoms with E-state index in [0.717, 1.165) is 28.9 Å². The maximum Gasteiger partial charge on any atom is 0.174 e. The van der Waals surface area contributed by atoms with Crippen LogP contribution in [-0.4, -0.2) is 26.3 Å². The van der Waals surface area contributed by atoms with Crippen LogP contribution in [0.3, 0.4) is 0 Å². The molecule has 3 nitrogen and oxygen atoms in total. The molecule has 0 amide bonds. The standard InChI is InChI=1S/C15H22BrNO2/c1-3-19-14-10-11(9-13(16)15(14)18-2)8-12-6-4-5-7-17-12/h9-10,12,17H,3-8H2,1-2H3. The number of rotatable bonds is 5. The Kier molecular flexibility index (Phi) is 5.52. The van der Waals surface area contributed by atoms with E-state index < -0.39 is 0 Å². The van der Waals surface area contributed by atoms with Gasteiger partial charge in [-0.3, -0.25) is 0 Å². The molecule has 0 aromatic heterocycles. The monoisotopic (exact) mass is 327 g/mol. The highest BCUT2D eigenvalue weighted by atomic mass is 79.9. The van der Waals surface area contributed by atoms with Crippen molar-refractivity contribution >= 4 is 15.9 Å². The summed E-state index contributed by atoms with van der Waals surface area (Å²) in [4.78, 5) is 0. The largest absolute Gasteiger partial charge is 0.492 e. The van der Waals surface area contributed by atoms with Gasteiger partial charge >= 0.3 is 0 Å². The molecule has 2 rings (SSSR count).